The minimum atomic E-state index is -0.899. The number of carbonyl (C=O) groups excluding carboxylic acids is 1. The minimum Gasteiger partial charge on any atom is -0.480 e. The van der Waals surface area contributed by atoms with Gasteiger partial charge in [0, 0.05) is 35.0 Å². The van der Waals surface area contributed by atoms with Crippen molar-refractivity contribution in [2.24, 2.45) is 0 Å². The Morgan fingerprint density at radius 2 is 1.69 bits per heavy atom. The molecule has 0 atom stereocenters. The van der Waals surface area contributed by atoms with Crippen LogP contribution in [-0.4, -0.2) is 49.6 Å². The lowest BCUT2D eigenvalue weighted by Gasteiger charge is -2.19. The van der Waals surface area contributed by atoms with E-state index in [0.717, 1.165) is 39.2 Å². The second-order valence-corrected chi connectivity index (χ2v) is 9.67. The lowest BCUT2D eigenvalue weighted by Crippen LogP contribution is -2.24. The maximum absolute atomic E-state index is 13.1. The number of carbonyl (C=O) groups is 2. The zero-order valence-corrected chi connectivity index (χ0v) is 21.4. The highest BCUT2D eigenvalue weighted by Crippen LogP contribution is 2.39. The maximum atomic E-state index is 13.1. The molecule has 3 aromatic rings. The second kappa shape index (κ2) is 10.3. The lowest BCUT2D eigenvalue weighted by molar-refractivity contribution is -0.135. The third kappa shape index (κ3) is 5.72. The van der Waals surface area contributed by atoms with Gasteiger partial charge >= 0.3 is 5.97 Å². The SMILES string of the molecule is CN(C)Cc1ccc(N/C(=C2\C(=O)Nc3cc(Br)ccc32)c2ccc(N(C)CC(=O)O)cc2)cc1. The Morgan fingerprint density at radius 1 is 1.00 bits per heavy atom. The van der Waals surface area contributed by atoms with Gasteiger partial charge in [0.25, 0.3) is 5.91 Å². The molecule has 0 aromatic heterocycles. The van der Waals surface area contributed by atoms with Crippen molar-refractivity contribution in [2.45, 2.75) is 6.54 Å². The Balaban J connectivity index is 1.76. The van der Waals surface area contributed by atoms with E-state index < -0.39 is 5.97 Å². The predicted octanol–water partition coefficient (Wildman–Crippen LogP) is 4.96. The van der Waals surface area contributed by atoms with Crippen LogP contribution < -0.4 is 15.5 Å². The number of benzene rings is 3. The number of aliphatic carboxylic acids is 1. The van der Waals surface area contributed by atoms with Crippen molar-refractivity contribution in [2.75, 3.05) is 43.2 Å². The van der Waals surface area contributed by atoms with E-state index in [9.17, 15) is 9.59 Å². The van der Waals surface area contributed by atoms with E-state index in [-0.39, 0.29) is 12.5 Å². The summed E-state index contributed by atoms with van der Waals surface area (Å²) in [6.45, 7) is 0.736. The summed E-state index contributed by atoms with van der Waals surface area (Å²) in [5.74, 6) is -1.08. The van der Waals surface area contributed by atoms with Gasteiger partial charge in [-0.15, -0.1) is 0 Å². The number of hydrogen-bond acceptors (Lipinski definition) is 5. The van der Waals surface area contributed by atoms with Crippen LogP contribution in [0.3, 0.4) is 0 Å². The van der Waals surface area contributed by atoms with Crippen molar-refractivity contribution >= 4 is 56.1 Å². The van der Waals surface area contributed by atoms with E-state index in [1.807, 2.05) is 68.7 Å². The molecule has 180 valence electrons. The average molecular weight is 535 g/mol. The van der Waals surface area contributed by atoms with E-state index in [1.54, 1.807) is 11.9 Å². The van der Waals surface area contributed by atoms with Crippen LogP contribution in [0.1, 0.15) is 16.7 Å². The molecule has 0 saturated heterocycles. The summed E-state index contributed by atoms with van der Waals surface area (Å²) >= 11 is 3.47. The summed E-state index contributed by atoms with van der Waals surface area (Å²) in [4.78, 5) is 28.0. The molecule has 1 heterocycles. The Labute approximate surface area is 213 Å². The van der Waals surface area contributed by atoms with Crippen molar-refractivity contribution in [3.63, 3.8) is 0 Å². The highest BCUT2D eigenvalue weighted by molar-refractivity contribution is 9.10. The standard InChI is InChI=1S/C27H27BrN4O3/c1-31(2)15-17-4-9-20(10-5-17)29-26(18-6-11-21(12-7-18)32(3)16-24(33)34)25-22-13-8-19(28)14-23(22)30-27(25)35/h4-14,29H,15-16H2,1-3H3,(H,30,35)(H,33,34)/b26-25-. The molecule has 35 heavy (non-hydrogen) atoms. The fraction of sp³-hybridized carbons (Fsp3) is 0.185. The Morgan fingerprint density at radius 3 is 2.31 bits per heavy atom. The number of fused-ring (bicyclic) bond motifs is 1. The van der Waals surface area contributed by atoms with Crippen molar-refractivity contribution < 1.29 is 14.7 Å². The fourth-order valence-corrected chi connectivity index (χ4v) is 4.41. The summed E-state index contributed by atoms with van der Waals surface area (Å²) in [5, 5.41) is 15.5. The average Bonchev–Trinajstić information content (AvgIpc) is 3.12. The van der Waals surface area contributed by atoms with E-state index >= 15 is 0 Å². The van der Waals surface area contributed by atoms with Gasteiger partial charge in [0.2, 0.25) is 0 Å². The minimum absolute atomic E-state index is 0.102. The molecule has 0 fully saturated rings. The van der Waals surface area contributed by atoms with Crippen LogP contribution in [-0.2, 0) is 16.1 Å². The number of carboxylic acid groups (broad SMARTS) is 1. The highest BCUT2D eigenvalue weighted by atomic mass is 79.9. The Hall–Kier alpha value is -3.62. The van der Waals surface area contributed by atoms with Crippen LogP contribution in [0.15, 0.2) is 71.2 Å². The van der Waals surface area contributed by atoms with Crippen molar-refractivity contribution in [1.82, 2.24) is 4.90 Å². The molecule has 0 bridgehead atoms. The first-order valence-corrected chi connectivity index (χ1v) is 11.9. The largest absolute Gasteiger partial charge is 0.480 e. The molecule has 0 spiro atoms. The molecular weight excluding hydrogens is 508 g/mol. The number of amides is 1. The van der Waals surface area contributed by atoms with E-state index in [2.05, 4.69) is 43.6 Å². The van der Waals surface area contributed by atoms with Gasteiger partial charge in [-0.25, -0.2) is 0 Å². The van der Waals surface area contributed by atoms with Crippen LogP contribution in [0.25, 0.3) is 11.3 Å². The molecule has 0 aliphatic carbocycles. The highest BCUT2D eigenvalue weighted by Gasteiger charge is 2.28. The van der Waals surface area contributed by atoms with E-state index in [4.69, 9.17) is 5.11 Å². The summed E-state index contributed by atoms with van der Waals surface area (Å²) < 4.78 is 0.884. The number of nitrogens with zero attached hydrogens (tertiary/aromatic N) is 2. The third-order valence-electron chi connectivity index (χ3n) is 5.67. The molecule has 1 amide bonds. The molecule has 4 rings (SSSR count). The van der Waals surface area contributed by atoms with Gasteiger partial charge in [-0.1, -0.05) is 46.3 Å². The first-order chi connectivity index (χ1) is 16.7. The molecule has 1 aliphatic rings. The number of rotatable bonds is 8. The molecule has 0 unspecified atom stereocenters. The third-order valence-corrected chi connectivity index (χ3v) is 6.16. The first kappa shape index (κ1) is 24.5. The van der Waals surface area contributed by atoms with Crippen LogP contribution in [0, 0.1) is 0 Å². The number of carboxylic acids is 1. The summed E-state index contributed by atoms with van der Waals surface area (Å²) in [7, 11) is 5.79. The molecule has 7 nitrogen and oxygen atoms in total. The zero-order valence-electron chi connectivity index (χ0n) is 19.8. The van der Waals surface area contributed by atoms with Gasteiger partial charge in [-0.2, -0.15) is 0 Å². The van der Waals surface area contributed by atoms with Crippen LogP contribution in [0.2, 0.25) is 0 Å². The molecule has 3 N–H and O–H groups in total. The van der Waals surface area contributed by atoms with Crippen LogP contribution in [0.4, 0.5) is 17.1 Å². The summed E-state index contributed by atoms with van der Waals surface area (Å²) in [6, 6.07) is 21.4. The molecule has 3 aromatic carbocycles. The first-order valence-electron chi connectivity index (χ1n) is 11.1. The fourth-order valence-electron chi connectivity index (χ4n) is 4.05. The number of hydrogen-bond donors (Lipinski definition) is 3. The van der Waals surface area contributed by atoms with E-state index in [1.165, 1.54) is 5.56 Å². The molecule has 0 radical (unpaired) electrons. The Bertz CT molecular complexity index is 1280. The van der Waals surface area contributed by atoms with Crippen molar-refractivity contribution in [1.29, 1.82) is 0 Å². The van der Waals surface area contributed by atoms with Crippen molar-refractivity contribution in [3.8, 4) is 0 Å². The van der Waals surface area contributed by atoms with Crippen LogP contribution >= 0.6 is 15.9 Å². The summed E-state index contributed by atoms with van der Waals surface area (Å²) in [5.41, 5.74) is 6.43. The second-order valence-electron chi connectivity index (χ2n) is 8.75. The van der Waals surface area contributed by atoms with Gasteiger partial charge in [0.1, 0.15) is 6.54 Å². The molecule has 0 saturated carbocycles. The lowest BCUT2D eigenvalue weighted by atomic mass is 9.99. The summed E-state index contributed by atoms with van der Waals surface area (Å²) in [6.07, 6.45) is 0. The predicted molar refractivity (Wildman–Crippen MR) is 144 cm³/mol. The Kier molecular flexibility index (Phi) is 7.23. The molecular formula is C27H27BrN4O3. The molecule has 1 aliphatic heterocycles. The number of halogens is 1. The molecule has 8 heteroatoms. The number of likely N-dealkylation sites (N-methyl/N-ethyl adjacent to an activating group) is 1. The van der Waals surface area contributed by atoms with Crippen LogP contribution in [0.5, 0.6) is 0 Å². The normalized spacial score (nSPS) is 13.9. The topological polar surface area (TPSA) is 84.9 Å². The van der Waals surface area contributed by atoms with Crippen molar-refractivity contribution in [3.05, 3.63) is 87.9 Å². The van der Waals surface area contributed by atoms with E-state index in [0.29, 0.717) is 11.3 Å². The maximum Gasteiger partial charge on any atom is 0.323 e. The van der Waals surface area contributed by atoms with Gasteiger partial charge < -0.3 is 25.5 Å². The zero-order chi connectivity index (χ0) is 25.1. The van der Waals surface area contributed by atoms with Gasteiger partial charge in [0.05, 0.1) is 17.0 Å². The number of anilines is 3. The quantitative estimate of drug-likeness (QED) is 0.354. The van der Waals surface area contributed by atoms with Gasteiger partial charge in [-0.05, 0) is 61.6 Å². The van der Waals surface area contributed by atoms with Gasteiger partial charge in [0.15, 0.2) is 0 Å². The smallest absolute Gasteiger partial charge is 0.323 e. The monoisotopic (exact) mass is 534 g/mol. The number of nitrogens with one attached hydrogen (secondary N) is 2. The van der Waals surface area contributed by atoms with Gasteiger partial charge in [-0.3, -0.25) is 9.59 Å².